The third-order valence-electron chi connectivity index (χ3n) is 2.57. The number of rotatable bonds is 5. The minimum Gasteiger partial charge on any atom is -0.444 e. The summed E-state index contributed by atoms with van der Waals surface area (Å²) in [5.41, 5.74) is -0.481. The molecule has 112 valence electrons. The lowest BCUT2D eigenvalue weighted by Crippen LogP contribution is -2.60. The summed E-state index contributed by atoms with van der Waals surface area (Å²) >= 11 is 0. The van der Waals surface area contributed by atoms with Crippen molar-refractivity contribution in [2.45, 2.75) is 38.8 Å². The predicted molar refractivity (Wildman–Crippen MR) is 72.2 cm³/mol. The molecule has 0 radical (unpaired) electrons. The minimum absolute atomic E-state index is 0.0253. The third-order valence-corrected chi connectivity index (χ3v) is 3.43. The van der Waals surface area contributed by atoms with Crippen molar-refractivity contribution < 1.29 is 17.9 Å². The molecule has 1 saturated heterocycles. The molecule has 0 aromatic carbocycles. The molecule has 0 unspecified atom stereocenters. The lowest BCUT2D eigenvalue weighted by Gasteiger charge is -2.40. The summed E-state index contributed by atoms with van der Waals surface area (Å²) in [7, 11) is -3.38. The Morgan fingerprint density at radius 2 is 2.00 bits per heavy atom. The molecule has 1 amide bonds. The number of nitrogens with two attached hydrogens (primary N) is 1. The number of primary sulfonamides is 1. The normalized spacial score (nSPS) is 17.2. The number of ether oxygens (including phenoxy) is 1. The molecule has 1 aliphatic rings. The highest BCUT2D eigenvalue weighted by Crippen LogP contribution is 2.15. The summed E-state index contributed by atoms with van der Waals surface area (Å²) in [5.74, 6) is -0.0253. The van der Waals surface area contributed by atoms with Crippen molar-refractivity contribution in [2.24, 2.45) is 5.14 Å². The summed E-state index contributed by atoms with van der Waals surface area (Å²) < 4.78 is 26.7. The van der Waals surface area contributed by atoms with E-state index in [1.54, 1.807) is 4.90 Å². The average molecular weight is 293 g/mol. The van der Waals surface area contributed by atoms with Crippen LogP contribution in [0.15, 0.2) is 0 Å². The van der Waals surface area contributed by atoms with Crippen LogP contribution in [0.5, 0.6) is 0 Å². The van der Waals surface area contributed by atoms with Crippen LogP contribution in [0.4, 0.5) is 4.79 Å². The van der Waals surface area contributed by atoms with Gasteiger partial charge in [-0.2, -0.15) is 0 Å². The smallest absolute Gasteiger partial charge is 0.410 e. The molecule has 3 N–H and O–H groups in total. The molecule has 0 aromatic rings. The second-order valence-electron chi connectivity index (χ2n) is 5.76. The molecule has 0 atom stereocenters. The Balaban J connectivity index is 2.12. The molecule has 1 fully saturated rings. The van der Waals surface area contributed by atoms with Crippen LogP contribution >= 0.6 is 0 Å². The molecule has 0 aliphatic carbocycles. The number of sulfonamides is 1. The number of hydrogen-bond acceptors (Lipinski definition) is 5. The molecule has 1 heterocycles. The maximum Gasteiger partial charge on any atom is 0.410 e. The standard InChI is InChI=1S/C11H23N3O4S/c1-11(2,3)18-10(15)14-7-9(8-14)13-5-4-6-19(12,16)17/h9,13H,4-8H2,1-3H3,(H2,12,16,17). The third kappa shape index (κ3) is 6.74. The van der Waals surface area contributed by atoms with E-state index in [4.69, 9.17) is 9.88 Å². The first kappa shape index (κ1) is 16.2. The Labute approximate surface area is 114 Å². The first-order chi connectivity index (χ1) is 8.57. The van der Waals surface area contributed by atoms with Crippen molar-refractivity contribution in [1.82, 2.24) is 10.2 Å². The zero-order valence-corrected chi connectivity index (χ0v) is 12.5. The highest BCUT2D eigenvalue weighted by molar-refractivity contribution is 7.89. The van der Waals surface area contributed by atoms with E-state index in [2.05, 4.69) is 5.32 Å². The molecule has 7 nitrogen and oxygen atoms in total. The molecule has 0 spiro atoms. The Morgan fingerprint density at radius 3 is 2.47 bits per heavy atom. The zero-order valence-electron chi connectivity index (χ0n) is 11.7. The van der Waals surface area contributed by atoms with Gasteiger partial charge in [-0.15, -0.1) is 0 Å². The van der Waals surface area contributed by atoms with Crippen molar-refractivity contribution >= 4 is 16.1 Å². The number of hydrogen-bond donors (Lipinski definition) is 2. The highest BCUT2D eigenvalue weighted by Gasteiger charge is 2.33. The van der Waals surface area contributed by atoms with Gasteiger partial charge in [-0.25, -0.2) is 18.4 Å². The van der Waals surface area contributed by atoms with E-state index < -0.39 is 15.6 Å². The largest absolute Gasteiger partial charge is 0.444 e. The second kappa shape index (κ2) is 6.06. The summed E-state index contributed by atoms with van der Waals surface area (Å²) in [6.45, 7) is 7.23. The van der Waals surface area contributed by atoms with E-state index >= 15 is 0 Å². The van der Waals surface area contributed by atoms with Crippen LogP contribution in [-0.2, 0) is 14.8 Å². The van der Waals surface area contributed by atoms with Crippen molar-refractivity contribution in [1.29, 1.82) is 0 Å². The summed E-state index contributed by atoms with van der Waals surface area (Å²) in [5, 5.41) is 8.06. The van der Waals surface area contributed by atoms with Gasteiger partial charge in [0.1, 0.15) is 5.60 Å². The molecule has 1 aliphatic heterocycles. The number of nitrogens with one attached hydrogen (secondary N) is 1. The maximum absolute atomic E-state index is 11.6. The van der Waals surface area contributed by atoms with E-state index in [1.165, 1.54) is 0 Å². The van der Waals surface area contributed by atoms with Crippen LogP contribution in [0.1, 0.15) is 27.2 Å². The number of carbonyl (C=O) groups excluding carboxylic acids is 1. The first-order valence-corrected chi connectivity index (χ1v) is 8.00. The van der Waals surface area contributed by atoms with Gasteiger partial charge in [-0.05, 0) is 33.7 Å². The van der Waals surface area contributed by atoms with Crippen LogP contribution in [-0.4, -0.2) is 56.4 Å². The average Bonchev–Trinajstić information content (AvgIpc) is 2.09. The van der Waals surface area contributed by atoms with E-state index in [1.807, 2.05) is 20.8 Å². The van der Waals surface area contributed by atoms with Crippen LogP contribution in [0, 0.1) is 0 Å². The predicted octanol–water partition coefficient (Wildman–Crippen LogP) is -0.126. The molecular weight excluding hydrogens is 270 g/mol. The van der Waals surface area contributed by atoms with Crippen molar-refractivity contribution in [3.05, 3.63) is 0 Å². The van der Waals surface area contributed by atoms with E-state index in [0.29, 0.717) is 26.1 Å². The monoisotopic (exact) mass is 293 g/mol. The Kier molecular flexibility index (Phi) is 5.17. The van der Waals surface area contributed by atoms with Gasteiger partial charge >= 0.3 is 6.09 Å². The number of nitrogens with zero attached hydrogens (tertiary/aromatic N) is 1. The molecular formula is C11H23N3O4S. The fraction of sp³-hybridized carbons (Fsp3) is 0.909. The van der Waals surface area contributed by atoms with Crippen molar-refractivity contribution in [3.63, 3.8) is 0 Å². The number of carbonyl (C=O) groups is 1. The molecule has 8 heteroatoms. The van der Waals surface area contributed by atoms with Crippen molar-refractivity contribution in [2.75, 3.05) is 25.4 Å². The summed E-state index contributed by atoms with van der Waals surface area (Å²) in [6, 6.07) is 0.202. The highest BCUT2D eigenvalue weighted by atomic mass is 32.2. The molecule has 0 bridgehead atoms. The fourth-order valence-corrected chi connectivity index (χ4v) is 2.21. The quantitative estimate of drug-likeness (QED) is 0.688. The second-order valence-corrected chi connectivity index (χ2v) is 7.49. The molecule has 0 aromatic heterocycles. The SMILES string of the molecule is CC(C)(C)OC(=O)N1CC(NCCCS(N)(=O)=O)C1. The Hall–Kier alpha value is -0.860. The van der Waals surface area contributed by atoms with Gasteiger partial charge < -0.3 is 15.0 Å². The lowest BCUT2D eigenvalue weighted by molar-refractivity contribution is 0.00541. The minimum atomic E-state index is -3.38. The molecule has 0 saturated carbocycles. The molecule has 1 rings (SSSR count). The fourth-order valence-electron chi connectivity index (χ4n) is 1.66. The number of likely N-dealkylation sites (tertiary alicyclic amines) is 1. The van der Waals surface area contributed by atoms with E-state index in [0.717, 1.165) is 0 Å². The van der Waals surface area contributed by atoms with Crippen molar-refractivity contribution in [3.8, 4) is 0 Å². The summed E-state index contributed by atoms with van der Waals surface area (Å²) in [6.07, 6.45) is 0.164. The van der Waals surface area contributed by atoms with Crippen LogP contribution < -0.4 is 10.5 Å². The molecule has 19 heavy (non-hydrogen) atoms. The summed E-state index contributed by atoms with van der Waals surface area (Å²) in [4.78, 5) is 13.2. The van der Waals surface area contributed by atoms with E-state index in [-0.39, 0.29) is 17.9 Å². The van der Waals surface area contributed by atoms with Gasteiger partial charge in [0, 0.05) is 19.1 Å². The zero-order chi connectivity index (χ0) is 14.7. The van der Waals surface area contributed by atoms with Gasteiger partial charge in [0.25, 0.3) is 0 Å². The maximum atomic E-state index is 11.6. The van der Waals surface area contributed by atoms with Gasteiger partial charge in [0.2, 0.25) is 10.0 Å². The van der Waals surface area contributed by atoms with Gasteiger partial charge in [0.05, 0.1) is 5.75 Å². The van der Waals surface area contributed by atoms with Gasteiger partial charge in [-0.3, -0.25) is 0 Å². The Bertz CT molecular complexity index is 410. The van der Waals surface area contributed by atoms with E-state index in [9.17, 15) is 13.2 Å². The Morgan fingerprint density at radius 1 is 1.42 bits per heavy atom. The van der Waals surface area contributed by atoms with Crippen LogP contribution in [0.3, 0.4) is 0 Å². The lowest BCUT2D eigenvalue weighted by atomic mass is 10.1. The van der Waals surface area contributed by atoms with Gasteiger partial charge in [0.15, 0.2) is 0 Å². The first-order valence-electron chi connectivity index (χ1n) is 6.28. The number of amides is 1. The topological polar surface area (TPSA) is 102 Å². The van der Waals surface area contributed by atoms with Crippen LogP contribution in [0.2, 0.25) is 0 Å². The van der Waals surface area contributed by atoms with Gasteiger partial charge in [-0.1, -0.05) is 0 Å². The van der Waals surface area contributed by atoms with Crippen LogP contribution in [0.25, 0.3) is 0 Å².